The summed E-state index contributed by atoms with van der Waals surface area (Å²) in [6.45, 7) is 1.38. The maximum Gasteiger partial charge on any atom is 0.416 e. The van der Waals surface area contributed by atoms with Crippen LogP contribution in [0.5, 0.6) is 0 Å². The number of aliphatic hydroxyl groups is 1. The van der Waals surface area contributed by atoms with Gasteiger partial charge in [0.15, 0.2) is 0 Å². The van der Waals surface area contributed by atoms with E-state index in [1.54, 1.807) is 13.8 Å². The monoisotopic (exact) mass is 630 g/mol. The van der Waals surface area contributed by atoms with Crippen molar-refractivity contribution < 1.29 is 63.7 Å². The van der Waals surface area contributed by atoms with E-state index in [9.17, 15) is 49.1 Å². The van der Waals surface area contributed by atoms with Crippen LogP contribution in [0.2, 0.25) is 0 Å². The van der Waals surface area contributed by atoms with Crippen molar-refractivity contribution in [2.24, 2.45) is 5.92 Å². The molecule has 0 saturated carbocycles. The van der Waals surface area contributed by atoms with Gasteiger partial charge in [0.25, 0.3) is 0 Å². The minimum atomic E-state index is -5.19. The first-order chi connectivity index (χ1) is 19.8. The lowest BCUT2D eigenvalue weighted by Crippen LogP contribution is -2.51. The zero-order valence-electron chi connectivity index (χ0n) is 22.9. The Kier molecular flexibility index (Phi) is 9.83. The van der Waals surface area contributed by atoms with Crippen LogP contribution >= 0.6 is 0 Å². The molecular formula is C27H27F9N2O5. The first-order valence-electron chi connectivity index (χ1n) is 12.7. The highest BCUT2D eigenvalue weighted by Gasteiger charge is 2.44. The molecule has 0 radical (unpaired) electrons. The van der Waals surface area contributed by atoms with Gasteiger partial charge >= 0.3 is 30.7 Å². The summed E-state index contributed by atoms with van der Waals surface area (Å²) in [7, 11) is 0.886. The van der Waals surface area contributed by atoms with Crippen LogP contribution in [0.25, 0.3) is 0 Å². The number of hydrogen-bond donors (Lipinski definition) is 1. The number of benzene rings is 2. The Labute approximate surface area is 239 Å². The van der Waals surface area contributed by atoms with E-state index >= 15 is 0 Å². The molecule has 1 heterocycles. The standard InChI is InChI=1S/C27H27F9N2O5/c1-14(2)21-12-22(19-11-16(25(28,29)30)4-5-20(19)38(21)24(41)43-7-6-39)37(23(40)42-3)13-15-8-17(26(31,32)33)10-18(9-15)27(34,35)36/h4-5,8-11,14,21-22,39H,6-7,12-13H2,1-3H3/t21-,22-/m1/s1. The second kappa shape index (κ2) is 12.5. The molecule has 2 aromatic rings. The van der Waals surface area contributed by atoms with Crippen LogP contribution in [0.3, 0.4) is 0 Å². The fourth-order valence-electron chi connectivity index (χ4n) is 4.89. The molecular weight excluding hydrogens is 603 g/mol. The maximum atomic E-state index is 13.7. The Morgan fingerprint density at radius 1 is 0.930 bits per heavy atom. The highest BCUT2D eigenvalue weighted by Crippen LogP contribution is 2.46. The average Bonchev–Trinajstić information content (AvgIpc) is 2.91. The molecule has 2 amide bonds. The second-order valence-corrected chi connectivity index (χ2v) is 10.1. The molecule has 7 nitrogen and oxygen atoms in total. The molecule has 43 heavy (non-hydrogen) atoms. The summed E-state index contributed by atoms with van der Waals surface area (Å²) in [6, 6.07) is 0.715. The molecule has 0 fully saturated rings. The quantitative estimate of drug-likeness (QED) is 0.336. The Morgan fingerprint density at radius 2 is 1.49 bits per heavy atom. The third kappa shape index (κ3) is 7.64. The Balaban J connectivity index is 2.25. The molecule has 0 unspecified atom stereocenters. The van der Waals surface area contributed by atoms with Crippen molar-refractivity contribution in [3.63, 3.8) is 0 Å². The first kappa shape index (κ1) is 33.8. The van der Waals surface area contributed by atoms with E-state index in [1.165, 1.54) is 0 Å². The Hall–Kier alpha value is -3.69. The molecule has 0 aromatic heterocycles. The number of carbonyl (C=O) groups is 2. The van der Waals surface area contributed by atoms with Crippen LogP contribution in [-0.2, 0) is 34.5 Å². The van der Waals surface area contributed by atoms with Gasteiger partial charge in [-0.1, -0.05) is 13.8 Å². The van der Waals surface area contributed by atoms with Crippen LogP contribution < -0.4 is 4.90 Å². The summed E-state index contributed by atoms with van der Waals surface area (Å²) in [5.41, 5.74) is -5.52. The Bertz CT molecular complexity index is 1290. The number of halogens is 9. The van der Waals surface area contributed by atoms with E-state index in [1.807, 2.05) is 0 Å². The number of rotatable bonds is 6. The van der Waals surface area contributed by atoms with Gasteiger partial charge < -0.3 is 14.6 Å². The molecule has 1 N–H and O–H groups in total. The van der Waals surface area contributed by atoms with Gasteiger partial charge in [-0.25, -0.2) is 9.59 Å². The lowest BCUT2D eigenvalue weighted by molar-refractivity contribution is -0.143. The van der Waals surface area contributed by atoms with Gasteiger partial charge in [0, 0.05) is 12.6 Å². The number of aliphatic hydroxyl groups excluding tert-OH is 1. The maximum absolute atomic E-state index is 13.7. The van der Waals surface area contributed by atoms with E-state index in [0.717, 1.165) is 23.0 Å². The van der Waals surface area contributed by atoms with Crippen LogP contribution in [0.15, 0.2) is 36.4 Å². The molecule has 1 aliphatic rings. The van der Waals surface area contributed by atoms with Gasteiger partial charge in [0.1, 0.15) is 6.61 Å². The van der Waals surface area contributed by atoms with E-state index in [2.05, 4.69) is 0 Å². The number of anilines is 1. The van der Waals surface area contributed by atoms with E-state index < -0.39 is 90.7 Å². The molecule has 1 aliphatic heterocycles. The predicted octanol–water partition coefficient (Wildman–Crippen LogP) is 7.42. The number of ether oxygens (including phenoxy) is 2. The van der Waals surface area contributed by atoms with Gasteiger partial charge in [0.2, 0.25) is 0 Å². The van der Waals surface area contributed by atoms with Gasteiger partial charge in [-0.3, -0.25) is 9.80 Å². The molecule has 238 valence electrons. The van der Waals surface area contributed by atoms with Gasteiger partial charge in [0.05, 0.1) is 42.1 Å². The molecule has 0 saturated heterocycles. The fraction of sp³-hybridized carbons (Fsp3) is 0.481. The number of hydrogen-bond acceptors (Lipinski definition) is 5. The highest BCUT2D eigenvalue weighted by molar-refractivity contribution is 5.90. The number of fused-ring (bicyclic) bond motifs is 1. The van der Waals surface area contributed by atoms with Gasteiger partial charge in [-0.2, -0.15) is 39.5 Å². The summed E-state index contributed by atoms with van der Waals surface area (Å²) in [4.78, 5) is 27.8. The molecule has 16 heteroatoms. The van der Waals surface area contributed by atoms with Crippen molar-refractivity contribution in [1.29, 1.82) is 0 Å². The lowest BCUT2D eigenvalue weighted by Gasteiger charge is -2.45. The number of carbonyl (C=O) groups excluding carboxylic acids is 2. The van der Waals surface area contributed by atoms with Crippen molar-refractivity contribution in [3.05, 3.63) is 64.2 Å². The summed E-state index contributed by atoms with van der Waals surface area (Å²) >= 11 is 0. The summed E-state index contributed by atoms with van der Waals surface area (Å²) in [5, 5.41) is 9.07. The Morgan fingerprint density at radius 3 is 1.95 bits per heavy atom. The first-order valence-corrected chi connectivity index (χ1v) is 12.7. The molecule has 0 spiro atoms. The summed E-state index contributed by atoms with van der Waals surface area (Å²) < 4.78 is 132. The smallest absolute Gasteiger partial charge is 0.416 e. The third-order valence-electron chi connectivity index (χ3n) is 6.84. The third-order valence-corrected chi connectivity index (χ3v) is 6.84. The van der Waals surface area contributed by atoms with Crippen LogP contribution in [0.4, 0.5) is 54.8 Å². The molecule has 0 aliphatic carbocycles. The van der Waals surface area contributed by atoms with E-state index in [4.69, 9.17) is 14.6 Å². The largest absolute Gasteiger partial charge is 0.453 e. The van der Waals surface area contributed by atoms with Crippen molar-refractivity contribution in [3.8, 4) is 0 Å². The van der Waals surface area contributed by atoms with E-state index in [0.29, 0.717) is 24.3 Å². The van der Waals surface area contributed by atoms with Crippen molar-refractivity contribution in [2.45, 2.75) is 57.4 Å². The molecule has 0 bridgehead atoms. The van der Waals surface area contributed by atoms with Crippen molar-refractivity contribution >= 4 is 17.9 Å². The predicted molar refractivity (Wildman–Crippen MR) is 133 cm³/mol. The second-order valence-electron chi connectivity index (χ2n) is 10.1. The number of alkyl halides is 9. The number of nitrogens with zero attached hydrogens (tertiary/aromatic N) is 2. The lowest BCUT2D eigenvalue weighted by atomic mass is 9.84. The molecule has 2 aromatic carbocycles. The average molecular weight is 631 g/mol. The summed E-state index contributed by atoms with van der Waals surface area (Å²) in [6.07, 6.45) is -17.8. The van der Waals surface area contributed by atoms with Crippen LogP contribution in [0, 0.1) is 5.92 Å². The molecule has 3 rings (SSSR count). The highest BCUT2D eigenvalue weighted by atomic mass is 19.4. The van der Waals surface area contributed by atoms with Crippen LogP contribution in [-0.4, -0.2) is 48.6 Å². The van der Waals surface area contributed by atoms with Crippen molar-refractivity contribution in [1.82, 2.24) is 4.90 Å². The van der Waals surface area contributed by atoms with Crippen molar-refractivity contribution in [2.75, 3.05) is 25.2 Å². The van der Waals surface area contributed by atoms with Gasteiger partial charge in [-0.05, 0) is 59.9 Å². The summed E-state index contributed by atoms with van der Waals surface area (Å²) in [5.74, 6) is -0.440. The van der Waals surface area contributed by atoms with Gasteiger partial charge in [-0.15, -0.1) is 0 Å². The number of methoxy groups -OCH3 is 1. The topological polar surface area (TPSA) is 79.3 Å². The van der Waals surface area contributed by atoms with E-state index in [-0.39, 0.29) is 23.7 Å². The zero-order chi connectivity index (χ0) is 32.5. The minimum Gasteiger partial charge on any atom is -0.453 e. The molecule has 2 atom stereocenters. The number of amides is 2. The normalized spacial score (nSPS) is 17.5. The minimum absolute atomic E-state index is 0.0951. The fourth-order valence-corrected chi connectivity index (χ4v) is 4.89. The zero-order valence-corrected chi connectivity index (χ0v) is 22.9. The van der Waals surface area contributed by atoms with Crippen LogP contribution in [0.1, 0.15) is 54.1 Å². The SMILES string of the molecule is COC(=O)N(Cc1cc(C(F)(F)F)cc(C(F)(F)F)c1)[C@@H]1C[C@H](C(C)C)N(C(=O)OCCO)c2ccc(C(F)(F)F)cc21.